The zero-order valence-corrected chi connectivity index (χ0v) is 13.3. The van der Waals surface area contributed by atoms with Gasteiger partial charge < -0.3 is 14.8 Å². The third kappa shape index (κ3) is 3.68. The maximum atomic E-state index is 12.5. The molecule has 2 heterocycles. The number of amides is 1. The Morgan fingerprint density at radius 3 is 2.48 bits per heavy atom. The predicted molar refractivity (Wildman–Crippen MR) is 87.5 cm³/mol. The number of carbonyl (C=O) groups is 2. The van der Waals surface area contributed by atoms with Gasteiger partial charge in [0, 0.05) is 17.3 Å². The van der Waals surface area contributed by atoms with Crippen LogP contribution in [0.1, 0.15) is 33.3 Å². The highest BCUT2D eigenvalue weighted by atomic mass is 16.2. The van der Waals surface area contributed by atoms with Crippen LogP contribution in [0.2, 0.25) is 0 Å². The highest BCUT2D eigenvalue weighted by Gasteiger charge is 2.25. The van der Waals surface area contributed by atoms with Crippen molar-refractivity contribution in [2.45, 2.75) is 13.5 Å². The molecule has 0 unspecified atom stereocenters. The highest BCUT2D eigenvalue weighted by Crippen LogP contribution is 2.08. The number of Topliss-reactive ketones (excluding diaryl/α,β-unsaturated/α-hetero) is 1. The van der Waals surface area contributed by atoms with Crippen LogP contribution >= 0.6 is 0 Å². The molecule has 5 heteroatoms. The summed E-state index contributed by atoms with van der Waals surface area (Å²) in [6, 6.07) is 12.1. The summed E-state index contributed by atoms with van der Waals surface area (Å²) in [6.45, 7) is 5.88. The minimum Gasteiger partial charge on any atom is -0.356 e. The molecular formula is C18H22N3O2+. The molecule has 0 radical (unpaired) electrons. The van der Waals surface area contributed by atoms with Crippen molar-refractivity contribution >= 4 is 11.7 Å². The van der Waals surface area contributed by atoms with E-state index in [4.69, 9.17) is 0 Å². The van der Waals surface area contributed by atoms with E-state index >= 15 is 0 Å². The highest BCUT2D eigenvalue weighted by molar-refractivity contribution is 5.99. The fourth-order valence-corrected chi connectivity index (χ4v) is 2.98. The lowest BCUT2D eigenvalue weighted by molar-refractivity contribution is -0.917. The Bertz CT molecular complexity index is 685. The first-order valence-corrected chi connectivity index (χ1v) is 7.99. The van der Waals surface area contributed by atoms with Crippen molar-refractivity contribution in [1.29, 1.82) is 0 Å². The Labute approximate surface area is 135 Å². The number of rotatable bonds is 4. The van der Waals surface area contributed by atoms with Crippen molar-refractivity contribution in [2.75, 3.05) is 26.2 Å². The van der Waals surface area contributed by atoms with E-state index in [1.54, 1.807) is 12.3 Å². The van der Waals surface area contributed by atoms with Gasteiger partial charge in [0.15, 0.2) is 5.78 Å². The zero-order valence-electron chi connectivity index (χ0n) is 13.3. The maximum absolute atomic E-state index is 12.5. The summed E-state index contributed by atoms with van der Waals surface area (Å²) in [5, 5.41) is 0. The summed E-state index contributed by atoms with van der Waals surface area (Å²) >= 11 is 0. The van der Waals surface area contributed by atoms with Crippen molar-refractivity contribution < 1.29 is 14.5 Å². The Morgan fingerprint density at radius 1 is 1.17 bits per heavy atom. The van der Waals surface area contributed by atoms with E-state index in [0.717, 1.165) is 32.7 Å². The van der Waals surface area contributed by atoms with E-state index in [9.17, 15) is 9.59 Å². The second kappa shape index (κ2) is 6.79. The molecule has 2 N–H and O–H groups in total. The van der Waals surface area contributed by atoms with E-state index in [1.165, 1.54) is 17.4 Å². The maximum Gasteiger partial charge on any atom is 0.270 e. The molecule has 0 bridgehead atoms. The molecule has 5 nitrogen and oxygen atoms in total. The number of ketones is 1. The first kappa shape index (κ1) is 15.5. The fourth-order valence-electron chi connectivity index (χ4n) is 2.98. The van der Waals surface area contributed by atoms with Crippen LogP contribution in [0.3, 0.4) is 0 Å². The number of nitrogens with zero attached hydrogens (tertiary/aromatic N) is 1. The van der Waals surface area contributed by atoms with Gasteiger partial charge in [0.25, 0.3) is 5.91 Å². The SMILES string of the molecule is CC(=O)c1c[nH]c(C(=O)N2CC[NH+](Cc3ccccc3)CC2)c1. The van der Waals surface area contributed by atoms with Gasteiger partial charge in [-0.2, -0.15) is 0 Å². The van der Waals surface area contributed by atoms with Crippen LogP contribution in [-0.2, 0) is 6.54 Å². The molecule has 1 aliphatic rings. The molecule has 0 saturated carbocycles. The van der Waals surface area contributed by atoms with Crippen molar-refractivity contribution in [3.8, 4) is 0 Å². The van der Waals surface area contributed by atoms with Gasteiger partial charge in [-0.05, 0) is 13.0 Å². The van der Waals surface area contributed by atoms with Crippen molar-refractivity contribution in [3.05, 3.63) is 59.4 Å². The van der Waals surface area contributed by atoms with Crippen LogP contribution in [-0.4, -0.2) is 47.8 Å². The smallest absolute Gasteiger partial charge is 0.270 e. The third-order valence-corrected chi connectivity index (χ3v) is 4.37. The van der Waals surface area contributed by atoms with Crippen LogP contribution < -0.4 is 4.90 Å². The van der Waals surface area contributed by atoms with Crippen LogP contribution in [0.5, 0.6) is 0 Å². The number of carbonyl (C=O) groups excluding carboxylic acids is 2. The van der Waals surface area contributed by atoms with Crippen LogP contribution in [0.15, 0.2) is 42.6 Å². The number of H-pyrrole nitrogens is 1. The molecule has 1 saturated heterocycles. The largest absolute Gasteiger partial charge is 0.356 e. The summed E-state index contributed by atoms with van der Waals surface area (Å²) in [4.78, 5) is 30.1. The molecular weight excluding hydrogens is 290 g/mol. The first-order valence-electron chi connectivity index (χ1n) is 7.99. The lowest BCUT2D eigenvalue weighted by Crippen LogP contribution is -3.13. The van der Waals surface area contributed by atoms with Gasteiger partial charge in [0.1, 0.15) is 12.2 Å². The summed E-state index contributed by atoms with van der Waals surface area (Å²) in [6.07, 6.45) is 1.60. The Balaban J connectivity index is 1.55. The van der Waals surface area contributed by atoms with Gasteiger partial charge in [-0.15, -0.1) is 0 Å². The number of hydrogen-bond acceptors (Lipinski definition) is 2. The predicted octanol–water partition coefficient (Wildman–Crippen LogP) is 0.758. The van der Waals surface area contributed by atoms with E-state index in [2.05, 4.69) is 29.2 Å². The monoisotopic (exact) mass is 312 g/mol. The Morgan fingerprint density at radius 2 is 1.87 bits per heavy atom. The lowest BCUT2D eigenvalue weighted by Gasteiger charge is -2.32. The normalized spacial score (nSPS) is 15.6. The van der Waals surface area contributed by atoms with Gasteiger partial charge in [-0.1, -0.05) is 30.3 Å². The van der Waals surface area contributed by atoms with Gasteiger partial charge in [-0.3, -0.25) is 9.59 Å². The van der Waals surface area contributed by atoms with Crippen molar-refractivity contribution in [3.63, 3.8) is 0 Å². The van der Waals surface area contributed by atoms with E-state index in [-0.39, 0.29) is 11.7 Å². The number of quaternary nitrogens is 1. The molecule has 120 valence electrons. The molecule has 1 fully saturated rings. The first-order chi connectivity index (χ1) is 11.1. The molecule has 23 heavy (non-hydrogen) atoms. The number of piperazine rings is 1. The van der Waals surface area contributed by atoms with Crippen molar-refractivity contribution in [2.24, 2.45) is 0 Å². The van der Waals surface area contributed by atoms with E-state index < -0.39 is 0 Å². The summed E-state index contributed by atoms with van der Waals surface area (Å²) in [5.41, 5.74) is 2.39. The third-order valence-electron chi connectivity index (χ3n) is 4.37. The fraction of sp³-hybridized carbons (Fsp3) is 0.333. The number of nitrogens with one attached hydrogen (secondary N) is 2. The van der Waals surface area contributed by atoms with Crippen LogP contribution in [0.25, 0.3) is 0 Å². The molecule has 0 spiro atoms. The van der Waals surface area contributed by atoms with E-state index in [1.807, 2.05) is 11.0 Å². The molecule has 0 aliphatic carbocycles. The zero-order chi connectivity index (χ0) is 16.2. The molecule has 1 aromatic carbocycles. The number of aromatic nitrogens is 1. The number of aromatic amines is 1. The quantitative estimate of drug-likeness (QED) is 0.819. The summed E-state index contributed by atoms with van der Waals surface area (Å²) in [7, 11) is 0. The minimum absolute atomic E-state index is 0.0174. The molecule has 1 aromatic heterocycles. The number of benzene rings is 1. The summed E-state index contributed by atoms with van der Waals surface area (Å²) in [5.74, 6) is -0.0475. The molecule has 3 rings (SSSR count). The molecule has 1 aliphatic heterocycles. The van der Waals surface area contributed by atoms with Crippen molar-refractivity contribution in [1.82, 2.24) is 9.88 Å². The van der Waals surface area contributed by atoms with Crippen LogP contribution in [0, 0.1) is 0 Å². The van der Waals surface area contributed by atoms with Gasteiger partial charge in [-0.25, -0.2) is 0 Å². The van der Waals surface area contributed by atoms with Gasteiger partial charge >= 0.3 is 0 Å². The molecule has 0 atom stereocenters. The standard InChI is InChI=1S/C18H21N3O2/c1-14(22)16-11-17(19-12-16)18(23)21-9-7-20(8-10-21)13-15-5-3-2-4-6-15/h2-6,11-12,19H,7-10,13H2,1H3/p+1. The Hall–Kier alpha value is -2.40. The van der Waals surface area contributed by atoms with Gasteiger partial charge in [0.2, 0.25) is 0 Å². The van der Waals surface area contributed by atoms with Gasteiger partial charge in [0.05, 0.1) is 26.2 Å². The Kier molecular flexibility index (Phi) is 4.57. The average molecular weight is 312 g/mol. The average Bonchev–Trinajstić information content (AvgIpc) is 3.06. The second-order valence-electron chi connectivity index (χ2n) is 6.06. The summed E-state index contributed by atoms with van der Waals surface area (Å²) < 4.78 is 0. The minimum atomic E-state index is -0.0302. The topological polar surface area (TPSA) is 57.6 Å². The van der Waals surface area contributed by atoms with Crippen LogP contribution in [0.4, 0.5) is 0 Å². The van der Waals surface area contributed by atoms with E-state index in [0.29, 0.717) is 11.3 Å². The molecule has 1 amide bonds. The number of hydrogen-bond donors (Lipinski definition) is 2. The second-order valence-corrected chi connectivity index (χ2v) is 6.06. The lowest BCUT2D eigenvalue weighted by atomic mass is 10.2. The molecule has 2 aromatic rings.